The Morgan fingerprint density at radius 2 is 2.26 bits per heavy atom. The lowest BCUT2D eigenvalue weighted by Crippen LogP contribution is -2.23. The summed E-state index contributed by atoms with van der Waals surface area (Å²) >= 11 is 0. The summed E-state index contributed by atoms with van der Waals surface area (Å²) in [5.41, 5.74) is 0. The molecule has 106 valence electrons. The molecule has 0 aromatic heterocycles. The average molecular weight is 266 g/mol. The Kier molecular flexibility index (Phi) is 4.45. The largest absolute Gasteiger partial charge is 0.463 e. The van der Waals surface area contributed by atoms with Crippen molar-refractivity contribution in [3.05, 3.63) is 36.6 Å². The minimum absolute atomic E-state index is 0.208. The van der Waals surface area contributed by atoms with Gasteiger partial charge in [0.05, 0.1) is 0 Å². The third-order valence-electron chi connectivity index (χ3n) is 3.12. The second kappa shape index (κ2) is 5.90. The standard InChI is InChI=1S/C15H22O4/c1-4-5-6-7-8-9-11(16)12-10-13-14(17-12)19-15(2,3)18-13/h4-6,10-11,13-14,16H,1,7-9H2,2-3H3/b6-5+/t11?,13-,14-/m1/s1. The summed E-state index contributed by atoms with van der Waals surface area (Å²) in [6.07, 6.45) is 8.78. The molecule has 0 amide bonds. The molecule has 0 aliphatic carbocycles. The van der Waals surface area contributed by atoms with Crippen molar-refractivity contribution >= 4 is 0 Å². The van der Waals surface area contributed by atoms with E-state index in [1.807, 2.05) is 32.1 Å². The first-order valence-electron chi connectivity index (χ1n) is 6.71. The number of aliphatic hydroxyl groups excluding tert-OH is 1. The smallest absolute Gasteiger partial charge is 0.232 e. The lowest BCUT2D eigenvalue weighted by atomic mass is 10.1. The molecule has 2 heterocycles. The third-order valence-corrected chi connectivity index (χ3v) is 3.12. The van der Waals surface area contributed by atoms with Crippen LogP contribution in [0.1, 0.15) is 33.1 Å². The summed E-state index contributed by atoms with van der Waals surface area (Å²) in [6, 6.07) is 0. The monoisotopic (exact) mass is 266 g/mol. The van der Waals surface area contributed by atoms with Gasteiger partial charge in [0.25, 0.3) is 0 Å². The molecule has 0 aromatic rings. The molecule has 0 saturated carbocycles. The maximum Gasteiger partial charge on any atom is 0.232 e. The van der Waals surface area contributed by atoms with Crippen LogP contribution >= 0.6 is 0 Å². The van der Waals surface area contributed by atoms with Crippen molar-refractivity contribution in [2.75, 3.05) is 0 Å². The van der Waals surface area contributed by atoms with Crippen molar-refractivity contribution in [2.45, 2.75) is 57.4 Å². The Bertz CT molecular complexity index is 384. The van der Waals surface area contributed by atoms with E-state index in [1.54, 1.807) is 6.08 Å². The van der Waals surface area contributed by atoms with Crippen LogP contribution in [0.3, 0.4) is 0 Å². The fraction of sp³-hybridized carbons (Fsp3) is 0.600. The van der Waals surface area contributed by atoms with Crippen molar-refractivity contribution in [2.24, 2.45) is 0 Å². The maximum absolute atomic E-state index is 10.0. The highest BCUT2D eigenvalue weighted by Crippen LogP contribution is 2.36. The number of rotatable bonds is 6. The zero-order chi connectivity index (χ0) is 13.9. The van der Waals surface area contributed by atoms with E-state index >= 15 is 0 Å². The Morgan fingerprint density at radius 3 is 2.95 bits per heavy atom. The van der Waals surface area contributed by atoms with Crippen molar-refractivity contribution in [3.63, 3.8) is 0 Å². The van der Waals surface area contributed by atoms with Crippen LogP contribution in [-0.4, -0.2) is 29.4 Å². The molecule has 1 fully saturated rings. The molecule has 0 bridgehead atoms. The van der Waals surface area contributed by atoms with Gasteiger partial charge in [0.2, 0.25) is 6.29 Å². The van der Waals surface area contributed by atoms with Gasteiger partial charge in [-0.05, 0) is 39.2 Å². The third kappa shape index (κ3) is 3.69. The van der Waals surface area contributed by atoms with E-state index in [0.717, 1.165) is 12.8 Å². The number of unbranched alkanes of at least 4 members (excludes halogenated alkanes) is 1. The minimum atomic E-state index is -0.613. The first kappa shape index (κ1) is 14.3. The Balaban J connectivity index is 1.77. The Morgan fingerprint density at radius 1 is 1.47 bits per heavy atom. The second-order valence-electron chi connectivity index (χ2n) is 5.27. The Hall–Kier alpha value is -1.10. The summed E-state index contributed by atoms with van der Waals surface area (Å²) in [5.74, 6) is -0.0455. The summed E-state index contributed by atoms with van der Waals surface area (Å²) in [5, 5.41) is 10.0. The summed E-state index contributed by atoms with van der Waals surface area (Å²) < 4.78 is 16.8. The quantitative estimate of drug-likeness (QED) is 0.593. The predicted octanol–water partition coefficient (Wildman–Crippen LogP) is 2.65. The van der Waals surface area contributed by atoms with Crippen LogP contribution in [-0.2, 0) is 14.2 Å². The average Bonchev–Trinajstić information content (AvgIpc) is 2.82. The van der Waals surface area contributed by atoms with Crippen LogP contribution in [0.5, 0.6) is 0 Å². The molecule has 2 rings (SSSR count). The molecular weight excluding hydrogens is 244 g/mol. The van der Waals surface area contributed by atoms with Gasteiger partial charge in [-0.2, -0.15) is 0 Å². The molecule has 3 atom stereocenters. The molecular formula is C15H22O4. The van der Waals surface area contributed by atoms with Gasteiger partial charge in [-0.1, -0.05) is 24.8 Å². The lowest BCUT2D eigenvalue weighted by Gasteiger charge is -2.19. The maximum atomic E-state index is 10.0. The number of aliphatic hydroxyl groups is 1. The van der Waals surface area contributed by atoms with Crippen LogP contribution in [0, 0.1) is 0 Å². The summed E-state index contributed by atoms with van der Waals surface area (Å²) in [4.78, 5) is 0. The molecule has 4 nitrogen and oxygen atoms in total. The molecule has 1 N–H and O–H groups in total. The van der Waals surface area contributed by atoms with Gasteiger partial charge in [-0.15, -0.1) is 0 Å². The van der Waals surface area contributed by atoms with E-state index in [1.165, 1.54) is 0 Å². The zero-order valence-electron chi connectivity index (χ0n) is 11.5. The topological polar surface area (TPSA) is 47.9 Å². The Labute approximate surface area is 114 Å². The molecule has 1 unspecified atom stereocenters. The lowest BCUT2D eigenvalue weighted by molar-refractivity contribution is -0.184. The van der Waals surface area contributed by atoms with Gasteiger partial charge in [-0.3, -0.25) is 0 Å². The number of ether oxygens (including phenoxy) is 3. The number of hydrogen-bond donors (Lipinski definition) is 1. The van der Waals surface area contributed by atoms with Gasteiger partial charge >= 0.3 is 0 Å². The predicted molar refractivity (Wildman–Crippen MR) is 72.2 cm³/mol. The fourth-order valence-corrected chi connectivity index (χ4v) is 2.25. The fourth-order valence-electron chi connectivity index (χ4n) is 2.25. The second-order valence-corrected chi connectivity index (χ2v) is 5.27. The number of fused-ring (bicyclic) bond motifs is 1. The minimum Gasteiger partial charge on any atom is -0.463 e. The van der Waals surface area contributed by atoms with Crippen LogP contribution in [0.4, 0.5) is 0 Å². The van der Waals surface area contributed by atoms with Gasteiger partial charge < -0.3 is 19.3 Å². The van der Waals surface area contributed by atoms with Gasteiger partial charge in [0, 0.05) is 0 Å². The first-order valence-corrected chi connectivity index (χ1v) is 6.71. The first-order chi connectivity index (χ1) is 9.02. The molecule has 1 saturated heterocycles. The van der Waals surface area contributed by atoms with E-state index in [0.29, 0.717) is 12.2 Å². The zero-order valence-corrected chi connectivity index (χ0v) is 11.5. The van der Waals surface area contributed by atoms with Crippen molar-refractivity contribution in [1.29, 1.82) is 0 Å². The van der Waals surface area contributed by atoms with E-state index in [2.05, 4.69) is 6.58 Å². The highest BCUT2D eigenvalue weighted by molar-refractivity contribution is 5.12. The van der Waals surface area contributed by atoms with E-state index in [4.69, 9.17) is 14.2 Å². The van der Waals surface area contributed by atoms with Crippen LogP contribution in [0.2, 0.25) is 0 Å². The molecule has 2 aliphatic heterocycles. The molecule has 19 heavy (non-hydrogen) atoms. The summed E-state index contributed by atoms with van der Waals surface area (Å²) in [7, 11) is 0. The SMILES string of the molecule is C=C/C=C/CCCC(O)C1=C[C@H]2OC(C)(C)O[C@H]2O1. The van der Waals surface area contributed by atoms with Crippen LogP contribution < -0.4 is 0 Å². The molecule has 0 aromatic carbocycles. The summed E-state index contributed by atoms with van der Waals surface area (Å²) in [6.45, 7) is 7.31. The molecule has 0 spiro atoms. The van der Waals surface area contributed by atoms with Gasteiger partial charge in [-0.25, -0.2) is 0 Å². The van der Waals surface area contributed by atoms with E-state index < -0.39 is 18.2 Å². The van der Waals surface area contributed by atoms with E-state index in [9.17, 15) is 5.11 Å². The van der Waals surface area contributed by atoms with Crippen molar-refractivity contribution < 1.29 is 19.3 Å². The number of allylic oxidation sites excluding steroid dienone is 3. The highest BCUT2D eigenvalue weighted by Gasteiger charge is 2.46. The van der Waals surface area contributed by atoms with Gasteiger partial charge in [0.1, 0.15) is 18.0 Å². The van der Waals surface area contributed by atoms with Crippen LogP contribution in [0.15, 0.2) is 36.6 Å². The highest BCUT2D eigenvalue weighted by atomic mass is 16.8. The van der Waals surface area contributed by atoms with Gasteiger partial charge in [0.15, 0.2) is 5.79 Å². The van der Waals surface area contributed by atoms with Crippen LogP contribution in [0.25, 0.3) is 0 Å². The normalized spacial score (nSPS) is 29.9. The molecule has 0 radical (unpaired) electrons. The number of hydrogen-bond acceptors (Lipinski definition) is 4. The van der Waals surface area contributed by atoms with Crippen molar-refractivity contribution in [1.82, 2.24) is 0 Å². The van der Waals surface area contributed by atoms with E-state index in [-0.39, 0.29) is 6.10 Å². The van der Waals surface area contributed by atoms with Crippen molar-refractivity contribution in [3.8, 4) is 0 Å². The molecule has 2 aliphatic rings. The molecule has 4 heteroatoms.